The number of fused-ring (bicyclic) bond motifs is 2. The Hall–Kier alpha value is -3.10. The minimum Gasteiger partial charge on any atom is -0.508 e. The van der Waals surface area contributed by atoms with Crippen molar-refractivity contribution >= 4 is 5.82 Å². The van der Waals surface area contributed by atoms with Gasteiger partial charge in [0.15, 0.2) is 0 Å². The number of ether oxygens (including phenoxy) is 2. The number of phenols is 1. The Labute approximate surface area is 174 Å². The summed E-state index contributed by atoms with van der Waals surface area (Å²) in [5.41, 5.74) is 8.30. The number of rotatable bonds is 5. The molecule has 0 aliphatic carbocycles. The van der Waals surface area contributed by atoms with E-state index in [-0.39, 0.29) is 11.7 Å². The third-order valence-electron chi connectivity index (χ3n) is 5.74. The van der Waals surface area contributed by atoms with Crippen molar-refractivity contribution in [2.24, 2.45) is 0 Å². The highest BCUT2D eigenvalue weighted by Gasteiger charge is 2.37. The maximum Gasteiger partial charge on any atom is 0.306 e. The number of hydrogen-bond donors (Lipinski definition) is 2. The fourth-order valence-electron chi connectivity index (χ4n) is 4.20. The molecule has 4 heterocycles. The highest BCUT2D eigenvalue weighted by atomic mass is 16.5. The zero-order valence-corrected chi connectivity index (χ0v) is 16.7. The quantitative estimate of drug-likeness (QED) is 0.488. The predicted molar refractivity (Wildman–Crippen MR) is 109 cm³/mol. The maximum absolute atomic E-state index is 9.89. The van der Waals surface area contributed by atoms with E-state index < -0.39 is 0 Å². The lowest BCUT2D eigenvalue weighted by Crippen LogP contribution is -2.42. The number of benzene rings is 1. The lowest BCUT2D eigenvalue weighted by Gasteiger charge is -2.27. The minimum absolute atomic E-state index is 0.137. The molecule has 2 aliphatic rings. The minimum atomic E-state index is -0.251. The molecule has 0 spiro atoms. The van der Waals surface area contributed by atoms with Crippen LogP contribution in [0.5, 0.6) is 17.4 Å². The second-order valence-corrected chi connectivity index (χ2v) is 7.62. The van der Waals surface area contributed by atoms with Crippen molar-refractivity contribution < 1.29 is 23.6 Å². The molecule has 2 aromatic heterocycles. The summed E-state index contributed by atoms with van der Waals surface area (Å²) in [4.78, 5) is 6.94. The Balaban J connectivity index is 1.46. The molecule has 8 nitrogen and oxygen atoms in total. The summed E-state index contributed by atoms with van der Waals surface area (Å²) in [6.07, 6.45) is 4.33. The van der Waals surface area contributed by atoms with Crippen LogP contribution >= 0.6 is 0 Å². The van der Waals surface area contributed by atoms with Gasteiger partial charge in [-0.3, -0.25) is 4.90 Å². The first-order chi connectivity index (χ1) is 14.7. The van der Waals surface area contributed by atoms with Gasteiger partial charge in [0.25, 0.3) is 0 Å². The van der Waals surface area contributed by atoms with Crippen LogP contribution in [0.2, 0.25) is 0 Å². The molecule has 156 valence electrons. The van der Waals surface area contributed by atoms with Crippen molar-refractivity contribution in [2.45, 2.75) is 18.9 Å². The summed E-state index contributed by atoms with van der Waals surface area (Å²) in [6, 6.07) is 8.86. The zero-order valence-electron chi connectivity index (χ0n) is 16.7. The molecule has 3 aromatic rings. The Bertz CT molecular complexity index is 1030. The fourth-order valence-corrected chi connectivity index (χ4v) is 4.20. The molecular formula is C22H25N4O4+. The molecule has 3 N–H and O–H groups in total. The molecule has 8 heteroatoms. The molecule has 1 aromatic carbocycles. The van der Waals surface area contributed by atoms with Crippen LogP contribution in [0.3, 0.4) is 0 Å². The summed E-state index contributed by atoms with van der Waals surface area (Å²) in [5, 5.41) is 9.89. The molecule has 0 saturated carbocycles. The van der Waals surface area contributed by atoms with Crippen LogP contribution in [0.15, 0.2) is 47.3 Å². The van der Waals surface area contributed by atoms with Crippen molar-refractivity contribution in [2.75, 3.05) is 38.6 Å². The molecule has 0 unspecified atom stereocenters. The molecule has 2 aliphatic heterocycles. The molecule has 1 fully saturated rings. The molecule has 0 radical (unpaired) electrons. The molecule has 0 amide bonds. The number of aromatic nitrogens is 2. The van der Waals surface area contributed by atoms with Gasteiger partial charge in [-0.05, 0) is 24.6 Å². The number of phenolic OH excluding ortho intramolecular Hbond substituents is 1. The van der Waals surface area contributed by atoms with E-state index in [0.29, 0.717) is 17.4 Å². The van der Waals surface area contributed by atoms with Gasteiger partial charge in [0.2, 0.25) is 12.1 Å². The van der Waals surface area contributed by atoms with Crippen molar-refractivity contribution in [1.82, 2.24) is 9.88 Å². The number of aryl methyl sites for hydroxylation is 1. The normalized spacial score (nSPS) is 18.5. The van der Waals surface area contributed by atoms with E-state index in [0.717, 1.165) is 62.7 Å². The number of furan rings is 1. The van der Waals surface area contributed by atoms with E-state index in [9.17, 15) is 5.11 Å². The summed E-state index contributed by atoms with van der Waals surface area (Å²) >= 11 is 0. The van der Waals surface area contributed by atoms with E-state index >= 15 is 0 Å². The summed E-state index contributed by atoms with van der Waals surface area (Å²) in [5.74, 6) is 2.25. The van der Waals surface area contributed by atoms with Crippen molar-refractivity contribution in [3.63, 3.8) is 0 Å². The average Bonchev–Trinajstić information content (AvgIpc) is 3.29. The van der Waals surface area contributed by atoms with E-state index in [2.05, 4.69) is 9.88 Å². The van der Waals surface area contributed by atoms with E-state index in [1.807, 2.05) is 22.8 Å². The number of hydrogen-bond acceptors (Lipinski definition) is 7. The second kappa shape index (κ2) is 7.97. The first-order valence-corrected chi connectivity index (χ1v) is 10.2. The summed E-state index contributed by atoms with van der Waals surface area (Å²) in [6.45, 7) is 5.30. The topological polar surface area (TPSA) is 97.9 Å². The molecular weight excluding hydrogens is 384 g/mol. The summed E-state index contributed by atoms with van der Waals surface area (Å²) < 4.78 is 19.1. The average molecular weight is 409 g/mol. The Morgan fingerprint density at radius 2 is 2.10 bits per heavy atom. The number of aromatic hydroxyl groups is 1. The van der Waals surface area contributed by atoms with Gasteiger partial charge < -0.3 is 24.7 Å². The summed E-state index contributed by atoms with van der Waals surface area (Å²) in [7, 11) is 0. The number of anilines is 1. The van der Waals surface area contributed by atoms with Gasteiger partial charge in [0.1, 0.15) is 22.8 Å². The first kappa shape index (κ1) is 18.9. The Morgan fingerprint density at radius 3 is 2.90 bits per heavy atom. The van der Waals surface area contributed by atoms with Gasteiger partial charge in [0.05, 0.1) is 31.9 Å². The standard InChI is InChI=1S/C22H24N4O4/c23-21-20-19(17-3-1-10-29-17)16-5-4-15(27)13-18(16)30-22(20)24-14-26(21)7-2-6-25-8-11-28-12-9-25/h1,3-5,10,13-14,19,23,27H,2,6-9,11-12H2/p+1/t19-/m0/s1. The lowest BCUT2D eigenvalue weighted by molar-refractivity contribution is -0.686. The second-order valence-electron chi connectivity index (χ2n) is 7.62. The van der Waals surface area contributed by atoms with Crippen LogP contribution in [0.25, 0.3) is 0 Å². The number of morpholine rings is 1. The van der Waals surface area contributed by atoms with Gasteiger partial charge in [0, 0.05) is 31.3 Å². The fraction of sp³-hybridized carbons (Fsp3) is 0.364. The van der Waals surface area contributed by atoms with E-state index in [1.165, 1.54) is 0 Å². The molecule has 0 bridgehead atoms. The number of nitrogen functional groups attached to an aromatic ring is 1. The number of nitrogens with zero attached hydrogens (tertiary/aromatic N) is 3. The van der Waals surface area contributed by atoms with Crippen LogP contribution in [-0.4, -0.2) is 47.8 Å². The monoisotopic (exact) mass is 409 g/mol. The third kappa shape index (κ3) is 3.48. The van der Waals surface area contributed by atoms with E-state index in [4.69, 9.17) is 19.6 Å². The van der Waals surface area contributed by atoms with Crippen LogP contribution in [-0.2, 0) is 11.3 Å². The maximum atomic E-state index is 9.89. The SMILES string of the molecule is Nc1c2c(nc[n+]1CCCN1CCOCC1)Oc1cc(O)ccc1[C@H]2c1ccco1. The molecule has 1 saturated heterocycles. The number of nitrogens with two attached hydrogens (primary N) is 1. The van der Waals surface area contributed by atoms with Crippen molar-refractivity contribution in [3.05, 3.63) is 59.8 Å². The van der Waals surface area contributed by atoms with Crippen LogP contribution in [0.1, 0.15) is 29.2 Å². The van der Waals surface area contributed by atoms with Crippen LogP contribution in [0.4, 0.5) is 5.82 Å². The molecule has 5 rings (SSSR count). The van der Waals surface area contributed by atoms with Gasteiger partial charge in [-0.25, -0.2) is 4.57 Å². The largest absolute Gasteiger partial charge is 0.508 e. The highest BCUT2D eigenvalue weighted by molar-refractivity contribution is 5.60. The van der Waals surface area contributed by atoms with Gasteiger partial charge >= 0.3 is 5.88 Å². The van der Waals surface area contributed by atoms with Gasteiger partial charge in [-0.2, -0.15) is 0 Å². The van der Waals surface area contributed by atoms with Gasteiger partial charge in [-0.15, -0.1) is 0 Å². The van der Waals surface area contributed by atoms with Crippen LogP contribution < -0.4 is 15.0 Å². The molecule has 30 heavy (non-hydrogen) atoms. The van der Waals surface area contributed by atoms with Crippen molar-refractivity contribution in [3.8, 4) is 17.4 Å². The van der Waals surface area contributed by atoms with Crippen LogP contribution in [0, 0.1) is 0 Å². The van der Waals surface area contributed by atoms with Gasteiger partial charge in [-0.1, -0.05) is 11.1 Å². The first-order valence-electron chi connectivity index (χ1n) is 10.2. The molecule has 1 atom stereocenters. The highest BCUT2D eigenvalue weighted by Crippen LogP contribution is 2.48. The third-order valence-corrected chi connectivity index (χ3v) is 5.74. The Kier molecular flexibility index (Phi) is 5.02. The predicted octanol–water partition coefficient (Wildman–Crippen LogP) is 2.26. The zero-order chi connectivity index (χ0) is 20.5. The smallest absolute Gasteiger partial charge is 0.306 e. The van der Waals surface area contributed by atoms with E-state index in [1.54, 1.807) is 24.7 Å². The Morgan fingerprint density at radius 1 is 1.23 bits per heavy atom. The van der Waals surface area contributed by atoms with Crippen molar-refractivity contribution in [1.29, 1.82) is 0 Å². The lowest BCUT2D eigenvalue weighted by atomic mass is 9.87.